The quantitative estimate of drug-likeness (QED) is 0.416. The van der Waals surface area contributed by atoms with Crippen LogP contribution < -0.4 is 5.84 Å². The third kappa shape index (κ3) is 1.02. The molecule has 0 aliphatic rings. The van der Waals surface area contributed by atoms with E-state index in [0.29, 0.717) is 9.48 Å². The van der Waals surface area contributed by atoms with E-state index in [9.17, 15) is 0 Å². The molecule has 2 heterocycles. The number of nitrogens with two attached hydrogens (primary N) is 1. The van der Waals surface area contributed by atoms with E-state index >= 15 is 0 Å². The van der Waals surface area contributed by atoms with Crippen LogP contribution in [0.3, 0.4) is 0 Å². The van der Waals surface area contributed by atoms with E-state index < -0.39 is 0 Å². The highest BCUT2D eigenvalue weighted by atomic mass is 127. The van der Waals surface area contributed by atoms with Crippen molar-refractivity contribution in [2.45, 2.75) is 0 Å². The van der Waals surface area contributed by atoms with Crippen molar-refractivity contribution in [3.63, 3.8) is 0 Å². The fraction of sp³-hybridized carbons (Fsp3) is 0. The third-order valence-corrected chi connectivity index (χ3v) is 1.82. The summed E-state index contributed by atoms with van der Waals surface area (Å²) >= 11 is 2.02. The zero-order valence-corrected chi connectivity index (χ0v) is 7.56. The fourth-order valence-electron chi connectivity index (χ4n) is 0.815. The van der Waals surface area contributed by atoms with Gasteiger partial charge in [0.15, 0.2) is 9.48 Å². The first-order valence-electron chi connectivity index (χ1n) is 2.89. The number of rotatable bonds is 0. The van der Waals surface area contributed by atoms with Gasteiger partial charge in [-0.3, -0.25) is 0 Å². The summed E-state index contributed by atoms with van der Waals surface area (Å²) in [6, 6.07) is 0. The molecule has 0 radical (unpaired) electrons. The van der Waals surface area contributed by atoms with Crippen molar-refractivity contribution < 1.29 is 0 Å². The van der Waals surface area contributed by atoms with Crippen LogP contribution in [-0.2, 0) is 0 Å². The number of nitrogen functional groups attached to an aromatic ring is 1. The molecule has 0 aromatic carbocycles. The Morgan fingerprint density at radius 1 is 1.45 bits per heavy atom. The number of hydrogen-bond donors (Lipinski definition) is 1. The molecule has 0 aliphatic heterocycles. The molecule has 2 N–H and O–H groups in total. The minimum absolute atomic E-state index is 0.657. The van der Waals surface area contributed by atoms with Gasteiger partial charge in [-0.2, -0.15) is 9.89 Å². The largest absolute Gasteiger partial charge is 0.321 e. The molecule has 0 amide bonds. The molecule has 0 aliphatic carbocycles. The predicted molar refractivity (Wildman–Crippen MR) is 48.2 cm³/mol. The van der Waals surface area contributed by atoms with E-state index in [0.717, 1.165) is 5.39 Å². The maximum absolute atomic E-state index is 5.46. The Kier molecular flexibility index (Phi) is 1.41. The summed E-state index contributed by atoms with van der Waals surface area (Å²) in [5, 5.41) is 4.68. The summed E-state index contributed by atoms with van der Waals surface area (Å²) in [4.78, 5) is 9.31. The Labute approximate surface area is 75.7 Å². The Hall–Kier alpha value is -0.920. The summed E-state index contributed by atoms with van der Waals surface area (Å²) in [7, 11) is 0. The van der Waals surface area contributed by atoms with Crippen LogP contribution in [0.5, 0.6) is 0 Å². The highest BCUT2D eigenvalue weighted by Crippen LogP contribution is 2.07. The van der Waals surface area contributed by atoms with E-state index in [1.54, 1.807) is 12.4 Å². The SMILES string of the molecule is Nn1ncc2cnc(I)nc21. The lowest BCUT2D eigenvalue weighted by molar-refractivity contribution is 0.846. The van der Waals surface area contributed by atoms with Crippen molar-refractivity contribution in [1.82, 2.24) is 19.9 Å². The zero-order chi connectivity index (χ0) is 7.84. The van der Waals surface area contributed by atoms with Crippen molar-refractivity contribution in [1.29, 1.82) is 0 Å². The molecule has 2 rings (SSSR count). The van der Waals surface area contributed by atoms with Gasteiger partial charge in [0.1, 0.15) is 0 Å². The molecule has 0 spiro atoms. The van der Waals surface area contributed by atoms with E-state index in [1.165, 1.54) is 4.79 Å². The summed E-state index contributed by atoms with van der Waals surface area (Å²) in [6.45, 7) is 0. The first kappa shape index (κ1) is 6.77. The molecule has 0 fully saturated rings. The van der Waals surface area contributed by atoms with Crippen molar-refractivity contribution in [2.24, 2.45) is 0 Å². The van der Waals surface area contributed by atoms with Crippen molar-refractivity contribution >= 4 is 33.6 Å². The average Bonchev–Trinajstić information content (AvgIpc) is 2.33. The van der Waals surface area contributed by atoms with Crippen LogP contribution in [0, 0.1) is 3.83 Å². The molecule has 11 heavy (non-hydrogen) atoms. The van der Waals surface area contributed by atoms with Crippen molar-refractivity contribution in [3.8, 4) is 0 Å². The van der Waals surface area contributed by atoms with Gasteiger partial charge in [-0.1, -0.05) is 0 Å². The van der Waals surface area contributed by atoms with Crippen LogP contribution in [-0.4, -0.2) is 19.9 Å². The minimum Gasteiger partial charge on any atom is -0.321 e. The van der Waals surface area contributed by atoms with Gasteiger partial charge in [-0.15, -0.1) is 0 Å². The standard InChI is InChI=1S/C5H4IN5/c6-5-8-1-3-2-9-11(7)4(3)10-5/h1-2H,7H2. The summed E-state index contributed by atoms with van der Waals surface area (Å²) in [5.41, 5.74) is 0.657. The van der Waals surface area contributed by atoms with Gasteiger partial charge in [0.2, 0.25) is 0 Å². The van der Waals surface area contributed by atoms with Crippen LogP contribution in [0.2, 0.25) is 0 Å². The lowest BCUT2D eigenvalue weighted by atomic mass is 10.5. The van der Waals surface area contributed by atoms with Crippen LogP contribution in [0.15, 0.2) is 12.4 Å². The molecule has 0 atom stereocenters. The molecule has 0 unspecified atom stereocenters. The third-order valence-electron chi connectivity index (χ3n) is 1.30. The lowest BCUT2D eigenvalue weighted by Crippen LogP contribution is -2.10. The molecular formula is C5H4IN5. The van der Waals surface area contributed by atoms with Gasteiger partial charge in [0.05, 0.1) is 11.6 Å². The monoisotopic (exact) mass is 261 g/mol. The number of fused-ring (bicyclic) bond motifs is 1. The molecule has 2 aromatic heterocycles. The molecule has 0 saturated heterocycles. The molecule has 6 heteroatoms. The lowest BCUT2D eigenvalue weighted by Gasteiger charge is -1.91. The predicted octanol–water partition coefficient (Wildman–Crippen LogP) is 0.145. The van der Waals surface area contributed by atoms with Gasteiger partial charge in [-0.25, -0.2) is 9.97 Å². The molecule has 2 aromatic rings. The summed E-state index contributed by atoms with van der Waals surface area (Å²) in [6.07, 6.45) is 3.33. The molecule has 56 valence electrons. The smallest absolute Gasteiger partial charge is 0.192 e. The topological polar surface area (TPSA) is 69.6 Å². The number of nitrogens with zero attached hydrogens (tertiary/aromatic N) is 4. The summed E-state index contributed by atoms with van der Waals surface area (Å²) < 4.78 is 0.669. The summed E-state index contributed by atoms with van der Waals surface area (Å²) in [5.74, 6) is 5.46. The second kappa shape index (κ2) is 2.29. The van der Waals surface area contributed by atoms with Gasteiger partial charge in [0.25, 0.3) is 0 Å². The first-order chi connectivity index (χ1) is 5.27. The van der Waals surface area contributed by atoms with E-state index in [4.69, 9.17) is 5.84 Å². The van der Waals surface area contributed by atoms with Crippen LogP contribution >= 0.6 is 22.6 Å². The van der Waals surface area contributed by atoms with Crippen molar-refractivity contribution in [2.75, 3.05) is 5.84 Å². The van der Waals surface area contributed by atoms with E-state index in [1.807, 2.05) is 22.6 Å². The van der Waals surface area contributed by atoms with Gasteiger partial charge in [0, 0.05) is 28.8 Å². The van der Waals surface area contributed by atoms with Gasteiger partial charge < -0.3 is 5.84 Å². The fourth-order valence-corrected chi connectivity index (χ4v) is 1.18. The number of aromatic nitrogens is 4. The zero-order valence-electron chi connectivity index (χ0n) is 5.40. The maximum atomic E-state index is 5.46. The molecule has 5 nitrogen and oxygen atoms in total. The van der Waals surface area contributed by atoms with Gasteiger partial charge in [-0.05, 0) is 0 Å². The van der Waals surface area contributed by atoms with Crippen LogP contribution in [0.1, 0.15) is 0 Å². The van der Waals surface area contributed by atoms with E-state index in [-0.39, 0.29) is 0 Å². The second-order valence-corrected chi connectivity index (χ2v) is 2.97. The Bertz CT molecular complexity index is 395. The molecular weight excluding hydrogens is 257 g/mol. The van der Waals surface area contributed by atoms with Crippen LogP contribution in [0.25, 0.3) is 11.0 Å². The molecule has 0 bridgehead atoms. The highest BCUT2D eigenvalue weighted by Gasteiger charge is 2.01. The number of halogens is 1. The highest BCUT2D eigenvalue weighted by molar-refractivity contribution is 14.1. The van der Waals surface area contributed by atoms with Crippen LogP contribution in [0.4, 0.5) is 0 Å². The Balaban J connectivity index is 2.87. The first-order valence-corrected chi connectivity index (χ1v) is 3.96. The normalized spacial score (nSPS) is 10.6. The van der Waals surface area contributed by atoms with Gasteiger partial charge >= 0.3 is 0 Å². The molecule has 0 saturated carbocycles. The Morgan fingerprint density at radius 3 is 3.09 bits per heavy atom. The number of hydrogen-bond acceptors (Lipinski definition) is 4. The maximum Gasteiger partial charge on any atom is 0.192 e. The Morgan fingerprint density at radius 2 is 2.27 bits per heavy atom. The van der Waals surface area contributed by atoms with E-state index in [2.05, 4.69) is 15.1 Å². The second-order valence-electron chi connectivity index (χ2n) is 2.01. The van der Waals surface area contributed by atoms with Crippen molar-refractivity contribution in [3.05, 3.63) is 16.2 Å². The average molecular weight is 261 g/mol. The minimum atomic E-state index is 0.657.